The highest BCUT2D eigenvalue weighted by Gasteiger charge is 2.33. The third-order valence-electron chi connectivity index (χ3n) is 3.23. The molecule has 6 heteroatoms. The van der Waals surface area contributed by atoms with E-state index in [4.69, 9.17) is 0 Å². The van der Waals surface area contributed by atoms with Crippen LogP contribution < -0.4 is 0 Å². The largest absolute Gasteiger partial charge is 0.390 e. The van der Waals surface area contributed by atoms with Crippen LogP contribution in [0.3, 0.4) is 0 Å². The first kappa shape index (κ1) is 13.5. The van der Waals surface area contributed by atoms with E-state index in [0.29, 0.717) is 12.8 Å². The van der Waals surface area contributed by atoms with Crippen LogP contribution in [0.4, 0.5) is 4.39 Å². The molecule has 1 fully saturated rings. The van der Waals surface area contributed by atoms with Crippen molar-refractivity contribution in [3.05, 3.63) is 30.1 Å². The molecule has 2 rings (SSSR count). The molecule has 0 radical (unpaired) electrons. The quantitative estimate of drug-likeness (QED) is 0.885. The van der Waals surface area contributed by atoms with E-state index >= 15 is 0 Å². The smallest absolute Gasteiger partial charge is 0.243 e. The molecule has 1 heterocycles. The average molecular weight is 273 g/mol. The van der Waals surface area contributed by atoms with E-state index in [1.165, 1.54) is 22.5 Å². The number of nitrogens with zero attached hydrogens (tertiary/aromatic N) is 1. The number of halogens is 1. The van der Waals surface area contributed by atoms with Crippen molar-refractivity contribution in [1.29, 1.82) is 0 Å². The van der Waals surface area contributed by atoms with Gasteiger partial charge < -0.3 is 5.11 Å². The summed E-state index contributed by atoms with van der Waals surface area (Å²) in [4.78, 5) is -0.0379. The second-order valence-electron chi connectivity index (χ2n) is 4.86. The summed E-state index contributed by atoms with van der Waals surface area (Å²) >= 11 is 0. The minimum atomic E-state index is -3.65. The van der Waals surface area contributed by atoms with Gasteiger partial charge in [-0.25, -0.2) is 12.8 Å². The molecule has 0 saturated carbocycles. The lowest BCUT2D eigenvalue weighted by atomic mass is 9.95. The lowest BCUT2D eigenvalue weighted by Crippen LogP contribution is -2.45. The first-order valence-corrected chi connectivity index (χ1v) is 7.23. The molecule has 1 aromatic carbocycles. The fourth-order valence-corrected chi connectivity index (χ4v) is 3.46. The third-order valence-corrected chi connectivity index (χ3v) is 5.13. The Hall–Kier alpha value is -0.980. The van der Waals surface area contributed by atoms with Crippen LogP contribution in [0.5, 0.6) is 0 Å². The van der Waals surface area contributed by atoms with Gasteiger partial charge in [-0.1, -0.05) is 6.07 Å². The molecule has 0 atom stereocenters. The highest BCUT2D eigenvalue weighted by Crippen LogP contribution is 2.26. The maximum absolute atomic E-state index is 13.1. The number of piperidine rings is 1. The molecule has 4 nitrogen and oxygen atoms in total. The lowest BCUT2D eigenvalue weighted by Gasteiger charge is -2.34. The van der Waals surface area contributed by atoms with Crippen molar-refractivity contribution in [2.24, 2.45) is 0 Å². The van der Waals surface area contributed by atoms with E-state index in [-0.39, 0.29) is 18.0 Å². The first-order valence-electron chi connectivity index (χ1n) is 5.79. The zero-order valence-electron chi connectivity index (χ0n) is 10.1. The first-order chi connectivity index (χ1) is 8.31. The van der Waals surface area contributed by atoms with Crippen molar-refractivity contribution < 1.29 is 17.9 Å². The maximum atomic E-state index is 13.1. The van der Waals surface area contributed by atoms with Gasteiger partial charge in [0, 0.05) is 13.1 Å². The predicted molar refractivity (Wildman–Crippen MR) is 65.0 cm³/mol. The van der Waals surface area contributed by atoms with Crippen LogP contribution in [-0.4, -0.2) is 36.5 Å². The minimum absolute atomic E-state index is 0.0379. The topological polar surface area (TPSA) is 57.6 Å². The van der Waals surface area contributed by atoms with Gasteiger partial charge in [0.05, 0.1) is 10.5 Å². The molecule has 0 unspecified atom stereocenters. The van der Waals surface area contributed by atoms with Gasteiger partial charge in [-0.3, -0.25) is 0 Å². The highest BCUT2D eigenvalue weighted by atomic mass is 32.2. The number of benzene rings is 1. The van der Waals surface area contributed by atoms with Crippen molar-refractivity contribution in [3.8, 4) is 0 Å². The molecule has 0 spiro atoms. The van der Waals surface area contributed by atoms with Crippen molar-refractivity contribution in [3.63, 3.8) is 0 Å². The van der Waals surface area contributed by atoms with E-state index in [1.54, 1.807) is 6.92 Å². The number of sulfonamides is 1. The number of aliphatic hydroxyl groups is 1. The normalized spacial score (nSPS) is 20.8. The molecule has 1 aliphatic rings. The van der Waals surface area contributed by atoms with Crippen molar-refractivity contribution in [2.75, 3.05) is 13.1 Å². The van der Waals surface area contributed by atoms with E-state index < -0.39 is 21.4 Å². The van der Waals surface area contributed by atoms with E-state index in [1.807, 2.05) is 0 Å². The van der Waals surface area contributed by atoms with Crippen molar-refractivity contribution >= 4 is 10.0 Å². The fraction of sp³-hybridized carbons (Fsp3) is 0.500. The molecule has 1 N–H and O–H groups in total. The summed E-state index contributed by atoms with van der Waals surface area (Å²) in [5.41, 5.74) is -0.812. The zero-order chi connectivity index (χ0) is 13.4. The summed E-state index contributed by atoms with van der Waals surface area (Å²) in [5, 5.41) is 9.79. The van der Waals surface area contributed by atoms with Crippen LogP contribution in [0, 0.1) is 5.82 Å². The Morgan fingerprint density at radius 3 is 2.50 bits per heavy atom. The molecule has 0 aromatic heterocycles. The summed E-state index contributed by atoms with van der Waals surface area (Å²) in [6, 6.07) is 4.98. The monoisotopic (exact) mass is 273 g/mol. The molecule has 18 heavy (non-hydrogen) atoms. The van der Waals surface area contributed by atoms with E-state index in [2.05, 4.69) is 0 Å². The van der Waals surface area contributed by atoms with E-state index in [9.17, 15) is 17.9 Å². The van der Waals surface area contributed by atoms with Crippen molar-refractivity contribution in [2.45, 2.75) is 30.3 Å². The molecule has 0 amide bonds. The summed E-state index contributed by atoms with van der Waals surface area (Å²) in [5.74, 6) is -0.569. The van der Waals surface area contributed by atoms with Crippen LogP contribution in [0.2, 0.25) is 0 Å². The van der Waals surface area contributed by atoms with Gasteiger partial charge in [0.25, 0.3) is 0 Å². The molecule has 0 aliphatic carbocycles. The number of hydrogen-bond donors (Lipinski definition) is 1. The fourth-order valence-electron chi connectivity index (χ4n) is 1.98. The summed E-state index contributed by atoms with van der Waals surface area (Å²) in [6.45, 7) is 2.21. The molecule has 1 aromatic rings. The average Bonchev–Trinajstić information content (AvgIpc) is 2.28. The van der Waals surface area contributed by atoms with Gasteiger partial charge in [0.2, 0.25) is 10.0 Å². The number of rotatable bonds is 2. The SMILES string of the molecule is CC1(O)CCN(S(=O)(=O)c2cccc(F)c2)CC1. The molecular formula is C12H16FNO3S. The van der Waals surface area contributed by atoms with Crippen molar-refractivity contribution in [1.82, 2.24) is 4.31 Å². The summed E-state index contributed by atoms with van der Waals surface area (Å²) < 4.78 is 38.8. The molecule has 1 aliphatic heterocycles. The maximum Gasteiger partial charge on any atom is 0.243 e. The standard InChI is InChI=1S/C12H16FNO3S/c1-12(15)5-7-14(8-6-12)18(16,17)11-4-2-3-10(13)9-11/h2-4,9,15H,5-8H2,1H3. The Bertz CT molecular complexity index is 532. The van der Waals surface area contributed by atoms with Gasteiger partial charge in [-0.15, -0.1) is 0 Å². The van der Waals surface area contributed by atoms with E-state index in [0.717, 1.165) is 6.07 Å². The van der Waals surface area contributed by atoms with Crippen LogP contribution >= 0.6 is 0 Å². The zero-order valence-corrected chi connectivity index (χ0v) is 11.0. The highest BCUT2D eigenvalue weighted by molar-refractivity contribution is 7.89. The van der Waals surface area contributed by atoms with Gasteiger partial charge in [-0.2, -0.15) is 4.31 Å². The molecule has 0 bridgehead atoms. The lowest BCUT2D eigenvalue weighted by molar-refractivity contribution is 0.0126. The van der Waals surface area contributed by atoms with Gasteiger partial charge in [0.1, 0.15) is 5.82 Å². The Morgan fingerprint density at radius 1 is 1.33 bits per heavy atom. The predicted octanol–water partition coefficient (Wildman–Crippen LogP) is 1.36. The summed E-state index contributed by atoms with van der Waals surface area (Å²) in [7, 11) is -3.65. The number of hydrogen-bond acceptors (Lipinski definition) is 3. The minimum Gasteiger partial charge on any atom is -0.390 e. The third kappa shape index (κ3) is 2.71. The van der Waals surface area contributed by atoms with Gasteiger partial charge in [-0.05, 0) is 38.0 Å². The Balaban J connectivity index is 2.23. The molecule has 100 valence electrons. The van der Waals surface area contributed by atoms with Gasteiger partial charge in [0.15, 0.2) is 0 Å². The summed E-state index contributed by atoms with van der Waals surface area (Å²) in [6.07, 6.45) is 0.781. The van der Waals surface area contributed by atoms with Crippen LogP contribution in [0.1, 0.15) is 19.8 Å². The molecule has 1 saturated heterocycles. The second kappa shape index (κ2) is 4.60. The van der Waals surface area contributed by atoms with Crippen LogP contribution in [0.25, 0.3) is 0 Å². The Morgan fingerprint density at radius 2 is 1.94 bits per heavy atom. The Labute approximate surface area is 106 Å². The van der Waals surface area contributed by atoms with Crippen LogP contribution in [0.15, 0.2) is 29.2 Å². The van der Waals surface area contributed by atoms with Gasteiger partial charge >= 0.3 is 0 Å². The second-order valence-corrected chi connectivity index (χ2v) is 6.80. The Kier molecular flexibility index (Phi) is 3.44. The van der Waals surface area contributed by atoms with Crippen LogP contribution in [-0.2, 0) is 10.0 Å². The molecular weight excluding hydrogens is 257 g/mol.